The number of carbonyl (C=O) groups is 1. The van der Waals surface area contributed by atoms with Gasteiger partial charge in [0.2, 0.25) is 4.90 Å². The molecule has 0 spiro atoms. The van der Waals surface area contributed by atoms with E-state index in [-0.39, 0.29) is 17.3 Å². The molecule has 2 atom stereocenters. The average molecular weight is 411 g/mol. The fraction of sp³-hybridized carbons (Fsp3) is 0.278. The Morgan fingerprint density at radius 3 is 2.75 bits per heavy atom. The zero-order chi connectivity index (χ0) is 19.8. The number of piperazine rings is 1. The van der Waals surface area contributed by atoms with Crippen LogP contribution in [-0.4, -0.2) is 47.0 Å². The van der Waals surface area contributed by atoms with Crippen LogP contribution in [0, 0.1) is 17.5 Å². The molecule has 28 heavy (non-hydrogen) atoms. The molecule has 0 aliphatic carbocycles. The van der Waals surface area contributed by atoms with Crippen molar-refractivity contribution < 1.29 is 27.3 Å². The molecule has 1 fully saturated rings. The third kappa shape index (κ3) is 3.55. The molecule has 2 aromatic rings. The average Bonchev–Trinajstić information content (AvgIpc) is 2.83. The van der Waals surface area contributed by atoms with Crippen molar-refractivity contribution in [2.45, 2.75) is 10.9 Å². The SMILES string of the molecule is O=C(Nc1cc(F)c(F)c(F)c1)c1ccc2c(c1)[S+]([O-])N1CCNCC1CO2. The first kappa shape index (κ1) is 19.1. The van der Waals surface area contributed by atoms with Gasteiger partial charge in [-0.05, 0) is 12.1 Å². The summed E-state index contributed by atoms with van der Waals surface area (Å²) in [6.45, 7) is 2.28. The largest absolute Gasteiger partial charge is 0.593 e. The highest BCUT2D eigenvalue weighted by Crippen LogP contribution is 2.33. The van der Waals surface area contributed by atoms with Crippen molar-refractivity contribution >= 4 is 23.0 Å². The molecule has 0 bridgehead atoms. The van der Waals surface area contributed by atoms with E-state index in [0.717, 1.165) is 0 Å². The minimum absolute atomic E-state index is 0.0515. The molecule has 0 radical (unpaired) electrons. The minimum atomic E-state index is -1.61. The number of fused-ring (bicyclic) bond motifs is 2. The van der Waals surface area contributed by atoms with Crippen molar-refractivity contribution in [3.63, 3.8) is 0 Å². The molecule has 2 N–H and O–H groups in total. The summed E-state index contributed by atoms with van der Waals surface area (Å²) in [5.41, 5.74) is -0.0923. The van der Waals surface area contributed by atoms with Crippen LogP contribution in [0.15, 0.2) is 35.2 Å². The molecule has 10 heteroatoms. The highest BCUT2D eigenvalue weighted by molar-refractivity contribution is 7.89. The van der Waals surface area contributed by atoms with Crippen LogP contribution in [0.5, 0.6) is 5.75 Å². The Labute approximate surface area is 162 Å². The van der Waals surface area contributed by atoms with Gasteiger partial charge in [-0.1, -0.05) is 0 Å². The second-order valence-electron chi connectivity index (χ2n) is 6.43. The first-order valence-electron chi connectivity index (χ1n) is 8.56. The molecule has 0 saturated carbocycles. The number of ether oxygens (including phenoxy) is 1. The first-order chi connectivity index (χ1) is 13.4. The third-order valence-corrected chi connectivity index (χ3v) is 6.18. The number of anilines is 1. The van der Waals surface area contributed by atoms with E-state index in [1.54, 1.807) is 6.07 Å². The molecule has 0 aromatic heterocycles. The van der Waals surface area contributed by atoms with Crippen LogP contribution in [-0.2, 0) is 11.4 Å². The van der Waals surface area contributed by atoms with Gasteiger partial charge in [-0.25, -0.2) is 13.2 Å². The molecule has 2 aliphatic rings. The Hall–Kier alpha value is -2.27. The highest BCUT2D eigenvalue weighted by Gasteiger charge is 2.38. The smallest absolute Gasteiger partial charge is 0.255 e. The summed E-state index contributed by atoms with van der Waals surface area (Å²) in [5.74, 6) is -4.68. The van der Waals surface area contributed by atoms with Gasteiger partial charge < -0.3 is 19.9 Å². The molecule has 1 amide bonds. The lowest BCUT2D eigenvalue weighted by Crippen LogP contribution is -2.54. The molecule has 2 unspecified atom stereocenters. The van der Waals surface area contributed by atoms with Crippen LogP contribution >= 0.6 is 0 Å². The predicted octanol–water partition coefficient (Wildman–Crippen LogP) is 2.04. The molecule has 148 valence electrons. The van der Waals surface area contributed by atoms with Gasteiger partial charge in [0.25, 0.3) is 5.91 Å². The summed E-state index contributed by atoms with van der Waals surface area (Å²) in [6, 6.07) is 5.76. The Bertz CT molecular complexity index is 907. The van der Waals surface area contributed by atoms with Gasteiger partial charge in [0, 0.05) is 42.5 Å². The standard InChI is InChI=1S/C18H16F3N3O3S/c19-13-6-11(7-14(20)17(13)21)23-18(25)10-1-2-15-16(5-10)28(26)24-4-3-22-8-12(24)9-27-15/h1-2,5-7,12,22H,3-4,8-9H2,(H,23,25). The van der Waals surface area contributed by atoms with Crippen molar-refractivity contribution in [3.8, 4) is 5.75 Å². The molecule has 6 nitrogen and oxygen atoms in total. The number of rotatable bonds is 2. The van der Waals surface area contributed by atoms with E-state index in [1.165, 1.54) is 12.1 Å². The number of halogens is 3. The Balaban J connectivity index is 1.59. The van der Waals surface area contributed by atoms with Gasteiger partial charge >= 0.3 is 0 Å². The lowest BCUT2D eigenvalue weighted by Gasteiger charge is -2.32. The maximum Gasteiger partial charge on any atom is 0.255 e. The van der Waals surface area contributed by atoms with Crippen molar-refractivity contribution in [2.75, 3.05) is 31.6 Å². The van der Waals surface area contributed by atoms with Gasteiger partial charge in [-0.3, -0.25) is 4.79 Å². The van der Waals surface area contributed by atoms with Crippen LogP contribution in [0.4, 0.5) is 18.9 Å². The zero-order valence-corrected chi connectivity index (χ0v) is 15.3. The van der Waals surface area contributed by atoms with Crippen LogP contribution < -0.4 is 15.4 Å². The third-order valence-electron chi connectivity index (χ3n) is 4.58. The first-order valence-corrected chi connectivity index (χ1v) is 9.66. The van der Waals surface area contributed by atoms with Crippen molar-refractivity contribution in [2.24, 2.45) is 0 Å². The molecule has 2 heterocycles. The van der Waals surface area contributed by atoms with E-state index in [2.05, 4.69) is 10.6 Å². The predicted molar refractivity (Wildman–Crippen MR) is 96.0 cm³/mol. The minimum Gasteiger partial charge on any atom is -0.593 e. The van der Waals surface area contributed by atoms with Gasteiger partial charge in [0.1, 0.15) is 12.6 Å². The van der Waals surface area contributed by atoms with Crippen LogP contribution in [0.3, 0.4) is 0 Å². The maximum atomic E-state index is 13.3. The van der Waals surface area contributed by atoms with E-state index in [1.807, 2.05) is 4.31 Å². The van der Waals surface area contributed by atoms with Crippen molar-refractivity contribution in [1.29, 1.82) is 0 Å². The van der Waals surface area contributed by atoms with Crippen LogP contribution in [0.25, 0.3) is 0 Å². The summed E-state index contributed by atoms with van der Waals surface area (Å²) >= 11 is -1.51. The number of carbonyl (C=O) groups excluding carboxylic acids is 1. The molecule has 2 aromatic carbocycles. The number of hydrogen-bond donors (Lipinski definition) is 2. The fourth-order valence-electron chi connectivity index (χ4n) is 3.15. The lowest BCUT2D eigenvalue weighted by molar-refractivity contribution is 0.102. The zero-order valence-electron chi connectivity index (χ0n) is 14.5. The summed E-state index contributed by atoms with van der Waals surface area (Å²) in [6.07, 6.45) is 0. The quantitative estimate of drug-likeness (QED) is 0.584. The van der Waals surface area contributed by atoms with Crippen molar-refractivity contribution in [1.82, 2.24) is 9.62 Å². The normalized spacial score (nSPS) is 21.9. The van der Waals surface area contributed by atoms with Crippen LogP contribution in [0.2, 0.25) is 0 Å². The van der Waals surface area contributed by atoms with E-state index in [0.29, 0.717) is 49.0 Å². The van der Waals surface area contributed by atoms with Gasteiger partial charge in [0.15, 0.2) is 23.2 Å². The summed E-state index contributed by atoms with van der Waals surface area (Å²) in [7, 11) is 0. The number of hydrogen-bond acceptors (Lipinski definition) is 5. The fourth-order valence-corrected chi connectivity index (χ4v) is 4.59. The van der Waals surface area contributed by atoms with Crippen molar-refractivity contribution in [3.05, 3.63) is 53.3 Å². The summed E-state index contributed by atoms with van der Waals surface area (Å²) < 4.78 is 60.3. The number of nitrogens with one attached hydrogen (secondary N) is 2. The lowest BCUT2D eigenvalue weighted by atomic mass is 10.2. The molecular weight excluding hydrogens is 395 g/mol. The topological polar surface area (TPSA) is 76.7 Å². The molecular formula is C18H16F3N3O3S. The second kappa shape index (κ2) is 7.63. The second-order valence-corrected chi connectivity index (χ2v) is 7.84. The number of nitrogens with zero attached hydrogens (tertiary/aromatic N) is 1. The molecule has 1 saturated heterocycles. The Morgan fingerprint density at radius 1 is 1.25 bits per heavy atom. The highest BCUT2D eigenvalue weighted by atomic mass is 32.2. The van der Waals surface area contributed by atoms with E-state index in [9.17, 15) is 22.5 Å². The molecule has 4 rings (SSSR count). The van der Waals surface area contributed by atoms with E-state index in [4.69, 9.17) is 4.74 Å². The molecule has 2 aliphatic heterocycles. The summed E-state index contributed by atoms with van der Waals surface area (Å²) in [5, 5.41) is 5.53. The van der Waals surface area contributed by atoms with Gasteiger partial charge in [0.05, 0.1) is 17.9 Å². The summed E-state index contributed by atoms with van der Waals surface area (Å²) in [4.78, 5) is 12.8. The number of benzene rings is 2. The number of amides is 1. The van der Waals surface area contributed by atoms with E-state index >= 15 is 0 Å². The monoisotopic (exact) mass is 411 g/mol. The van der Waals surface area contributed by atoms with Gasteiger partial charge in [-0.2, -0.15) is 0 Å². The van der Waals surface area contributed by atoms with Crippen LogP contribution in [0.1, 0.15) is 10.4 Å². The maximum absolute atomic E-state index is 13.3. The Morgan fingerprint density at radius 2 is 2.00 bits per heavy atom. The van der Waals surface area contributed by atoms with Gasteiger partial charge in [-0.15, -0.1) is 4.31 Å². The van der Waals surface area contributed by atoms with E-state index < -0.39 is 34.7 Å². The Kier molecular flexibility index (Phi) is 5.19.